The molecule has 1 aromatic heterocycles. The third-order valence-electron chi connectivity index (χ3n) is 5.02. The van der Waals surface area contributed by atoms with Crippen LogP contribution in [0.25, 0.3) is 10.9 Å². The molecule has 3 rings (SSSR count). The number of aromatic carboxylic acids is 1. The standard InChI is InChI=1S/C22H20ClF2NO4/c1-12(5-6-27)10-26-11-16(22(29)30)21(28)15-8-14(18(24)9-19(15)26)7-13-3-2-4-17(23)20(13)25/h2-4,8-9,11-12,27H,5-7,10H2,1H3,(H,29,30). The monoisotopic (exact) mass is 435 g/mol. The van der Waals surface area contributed by atoms with Crippen molar-refractivity contribution in [3.8, 4) is 0 Å². The number of fused-ring (bicyclic) bond motifs is 1. The minimum atomic E-state index is -1.39. The van der Waals surface area contributed by atoms with E-state index in [2.05, 4.69) is 0 Å². The molecule has 0 saturated carbocycles. The molecule has 1 heterocycles. The van der Waals surface area contributed by atoms with Gasteiger partial charge in [0.25, 0.3) is 0 Å². The van der Waals surface area contributed by atoms with Gasteiger partial charge in [-0.2, -0.15) is 0 Å². The molecule has 1 atom stereocenters. The Labute approximate surface area is 176 Å². The molecule has 0 radical (unpaired) electrons. The Morgan fingerprint density at radius 1 is 1.23 bits per heavy atom. The van der Waals surface area contributed by atoms with E-state index in [1.54, 1.807) is 0 Å². The predicted octanol–water partition coefficient (Wildman–Crippen LogP) is 4.24. The van der Waals surface area contributed by atoms with Crippen LogP contribution in [0.4, 0.5) is 8.78 Å². The molecule has 0 saturated heterocycles. The van der Waals surface area contributed by atoms with Gasteiger partial charge in [0, 0.05) is 31.2 Å². The molecule has 0 bridgehead atoms. The Morgan fingerprint density at radius 3 is 2.63 bits per heavy atom. The van der Waals surface area contributed by atoms with Crippen molar-refractivity contribution in [2.75, 3.05) is 6.61 Å². The third-order valence-corrected chi connectivity index (χ3v) is 5.31. The number of aliphatic hydroxyl groups excluding tert-OH is 1. The van der Waals surface area contributed by atoms with Crippen LogP contribution in [0.5, 0.6) is 0 Å². The van der Waals surface area contributed by atoms with Gasteiger partial charge in [-0.05, 0) is 41.7 Å². The van der Waals surface area contributed by atoms with E-state index in [-0.39, 0.29) is 46.0 Å². The van der Waals surface area contributed by atoms with E-state index in [1.807, 2.05) is 6.92 Å². The number of nitrogens with zero attached hydrogens (tertiary/aromatic N) is 1. The Bertz CT molecular complexity index is 1180. The van der Waals surface area contributed by atoms with Crippen LogP contribution in [0.15, 0.2) is 41.3 Å². The first-order valence-corrected chi connectivity index (χ1v) is 9.73. The zero-order valence-electron chi connectivity index (χ0n) is 16.2. The highest BCUT2D eigenvalue weighted by atomic mass is 35.5. The molecule has 1 unspecified atom stereocenters. The normalized spacial score (nSPS) is 12.3. The van der Waals surface area contributed by atoms with Gasteiger partial charge in [0.2, 0.25) is 5.43 Å². The molecule has 2 aromatic carbocycles. The summed E-state index contributed by atoms with van der Waals surface area (Å²) in [6.07, 6.45) is 1.51. The fourth-order valence-corrected chi connectivity index (χ4v) is 3.63. The van der Waals surface area contributed by atoms with Crippen LogP contribution in [-0.4, -0.2) is 27.4 Å². The third kappa shape index (κ3) is 4.37. The van der Waals surface area contributed by atoms with Crippen molar-refractivity contribution in [3.63, 3.8) is 0 Å². The van der Waals surface area contributed by atoms with Crippen LogP contribution in [0.2, 0.25) is 5.02 Å². The average Bonchev–Trinajstić information content (AvgIpc) is 2.68. The van der Waals surface area contributed by atoms with E-state index in [1.165, 1.54) is 35.0 Å². The number of pyridine rings is 1. The lowest BCUT2D eigenvalue weighted by atomic mass is 10.00. The van der Waals surface area contributed by atoms with Crippen LogP contribution in [0.3, 0.4) is 0 Å². The van der Waals surface area contributed by atoms with E-state index in [4.69, 9.17) is 16.7 Å². The molecular formula is C22H20ClF2NO4. The number of carboxylic acid groups (broad SMARTS) is 1. The van der Waals surface area contributed by atoms with Crippen molar-refractivity contribution in [2.24, 2.45) is 5.92 Å². The second-order valence-electron chi connectivity index (χ2n) is 7.30. The van der Waals surface area contributed by atoms with Gasteiger partial charge in [-0.1, -0.05) is 30.7 Å². The van der Waals surface area contributed by atoms with E-state index >= 15 is 0 Å². The Morgan fingerprint density at radius 2 is 1.97 bits per heavy atom. The Kier molecular flexibility index (Phi) is 6.53. The second-order valence-corrected chi connectivity index (χ2v) is 7.70. The number of rotatable bonds is 7. The van der Waals surface area contributed by atoms with Crippen LogP contribution in [0, 0.1) is 17.6 Å². The summed E-state index contributed by atoms with van der Waals surface area (Å²) >= 11 is 5.79. The van der Waals surface area contributed by atoms with E-state index < -0.39 is 28.6 Å². The highest BCUT2D eigenvalue weighted by molar-refractivity contribution is 6.30. The van der Waals surface area contributed by atoms with Crippen molar-refractivity contribution >= 4 is 28.5 Å². The van der Waals surface area contributed by atoms with Crippen molar-refractivity contribution in [2.45, 2.75) is 26.3 Å². The molecule has 0 aliphatic carbocycles. The summed E-state index contributed by atoms with van der Waals surface area (Å²) in [6.45, 7) is 2.10. The quantitative estimate of drug-likeness (QED) is 0.581. The number of hydrogen-bond donors (Lipinski definition) is 2. The van der Waals surface area contributed by atoms with E-state index in [9.17, 15) is 23.5 Å². The first-order chi connectivity index (χ1) is 14.2. The summed E-state index contributed by atoms with van der Waals surface area (Å²) in [5.74, 6) is -2.75. The van der Waals surface area contributed by atoms with Gasteiger partial charge < -0.3 is 14.8 Å². The van der Waals surface area contributed by atoms with Crippen molar-refractivity contribution in [3.05, 3.63) is 80.1 Å². The predicted molar refractivity (Wildman–Crippen MR) is 110 cm³/mol. The smallest absolute Gasteiger partial charge is 0.341 e. The number of aromatic nitrogens is 1. The lowest BCUT2D eigenvalue weighted by Gasteiger charge is -2.17. The lowest BCUT2D eigenvalue weighted by Crippen LogP contribution is -2.21. The van der Waals surface area contributed by atoms with Crippen molar-refractivity contribution in [1.29, 1.82) is 0 Å². The molecule has 158 valence electrons. The van der Waals surface area contributed by atoms with Crippen LogP contribution in [0.1, 0.15) is 34.8 Å². The van der Waals surface area contributed by atoms with Gasteiger partial charge in [0.15, 0.2) is 0 Å². The number of carboxylic acids is 1. The number of hydrogen-bond acceptors (Lipinski definition) is 3. The zero-order chi connectivity index (χ0) is 22.0. The number of benzene rings is 2. The largest absolute Gasteiger partial charge is 0.477 e. The van der Waals surface area contributed by atoms with Gasteiger partial charge in [-0.15, -0.1) is 0 Å². The second kappa shape index (κ2) is 8.93. The maximum Gasteiger partial charge on any atom is 0.341 e. The maximum atomic E-state index is 14.9. The molecule has 0 aliphatic rings. The molecule has 5 nitrogen and oxygen atoms in total. The maximum absolute atomic E-state index is 14.9. The molecule has 0 spiro atoms. The summed E-state index contributed by atoms with van der Waals surface area (Å²) < 4.78 is 30.6. The Hall–Kier alpha value is -2.77. The summed E-state index contributed by atoms with van der Waals surface area (Å²) in [4.78, 5) is 24.3. The highest BCUT2D eigenvalue weighted by Gasteiger charge is 2.19. The fraction of sp³-hybridized carbons (Fsp3) is 0.273. The van der Waals surface area contributed by atoms with Crippen LogP contribution < -0.4 is 5.43 Å². The topological polar surface area (TPSA) is 79.5 Å². The Balaban J connectivity index is 2.18. The van der Waals surface area contributed by atoms with Gasteiger partial charge in [-0.25, -0.2) is 13.6 Å². The molecule has 30 heavy (non-hydrogen) atoms. The number of halogens is 3. The van der Waals surface area contributed by atoms with Crippen molar-refractivity contribution in [1.82, 2.24) is 4.57 Å². The molecule has 2 N–H and O–H groups in total. The van der Waals surface area contributed by atoms with Crippen molar-refractivity contribution < 1.29 is 23.8 Å². The first-order valence-electron chi connectivity index (χ1n) is 9.35. The number of aliphatic hydroxyl groups is 1. The SMILES string of the molecule is CC(CCO)Cn1cc(C(=O)O)c(=O)c2cc(Cc3cccc(Cl)c3F)c(F)cc21. The minimum absolute atomic E-state index is 0.0323. The number of carbonyl (C=O) groups is 1. The summed E-state index contributed by atoms with van der Waals surface area (Å²) in [6, 6.07) is 6.81. The minimum Gasteiger partial charge on any atom is -0.477 e. The average molecular weight is 436 g/mol. The van der Waals surface area contributed by atoms with E-state index in [0.29, 0.717) is 13.0 Å². The zero-order valence-corrected chi connectivity index (χ0v) is 16.9. The lowest BCUT2D eigenvalue weighted by molar-refractivity contribution is 0.0694. The molecular weight excluding hydrogens is 416 g/mol. The fourth-order valence-electron chi connectivity index (χ4n) is 3.43. The summed E-state index contributed by atoms with van der Waals surface area (Å²) in [7, 11) is 0. The molecule has 0 fully saturated rings. The van der Waals surface area contributed by atoms with Gasteiger partial charge in [0.1, 0.15) is 17.2 Å². The molecule has 0 aliphatic heterocycles. The van der Waals surface area contributed by atoms with E-state index in [0.717, 1.165) is 6.07 Å². The van der Waals surface area contributed by atoms with Crippen LogP contribution in [-0.2, 0) is 13.0 Å². The molecule has 3 aromatic rings. The van der Waals surface area contributed by atoms with Gasteiger partial charge in [-0.3, -0.25) is 4.79 Å². The van der Waals surface area contributed by atoms with Crippen LogP contribution >= 0.6 is 11.6 Å². The van der Waals surface area contributed by atoms with Gasteiger partial charge in [0.05, 0.1) is 10.5 Å². The highest BCUT2D eigenvalue weighted by Crippen LogP contribution is 2.25. The van der Waals surface area contributed by atoms with Gasteiger partial charge >= 0.3 is 5.97 Å². The molecule has 8 heteroatoms. The molecule has 0 amide bonds. The first kappa shape index (κ1) is 21.9. The summed E-state index contributed by atoms with van der Waals surface area (Å²) in [5.41, 5.74) is -0.727. The summed E-state index contributed by atoms with van der Waals surface area (Å²) in [5, 5.41) is 18.5.